The number of aromatic nitrogens is 1. The lowest BCUT2D eigenvalue weighted by atomic mass is 9.98. The normalized spacial score (nSPS) is 17.2. The van der Waals surface area contributed by atoms with Crippen LogP contribution in [0.2, 0.25) is 0 Å². The van der Waals surface area contributed by atoms with Gasteiger partial charge < -0.3 is 15.2 Å². The lowest BCUT2D eigenvalue weighted by Crippen LogP contribution is -2.38. The highest BCUT2D eigenvalue weighted by Crippen LogP contribution is 2.27. The summed E-state index contributed by atoms with van der Waals surface area (Å²) in [5.41, 5.74) is 1.51. The molecule has 0 bridgehead atoms. The Hall–Kier alpha value is -2.19. The number of aliphatic carboxylic acids is 1. The number of ether oxygens (including phenoxy) is 1. The van der Waals surface area contributed by atoms with Crippen LogP contribution in [0.4, 0.5) is 15.2 Å². The van der Waals surface area contributed by atoms with Gasteiger partial charge in [0.05, 0.1) is 18.2 Å². The number of thiazole rings is 1. The highest BCUT2D eigenvalue weighted by molar-refractivity contribution is 7.13. The van der Waals surface area contributed by atoms with Crippen molar-refractivity contribution in [2.45, 2.75) is 45.6 Å². The first kappa shape index (κ1) is 21.5. The molecule has 1 aromatic carbocycles. The fourth-order valence-electron chi connectivity index (χ4n) is 3.42. The zero-order chi connectivity index (χ0) is 20.6. The molecule has 2 aromatic rings. The Labute approximate surface area is 174 Å². The number of halogens is 1. The molecule has 1 fully saturated rings. The summed E-state index contributed by atoms with van der Waals surface area (Å²) in [7, 11) is 0. The molecule has 0 aliphatic carbocycles. The number of carboxylic acid groups (broad SMARTS) is 1. The molecule has 1 aromatic heterocycles. The minimum Gasteiger partial charge on any atom is -0.491 e. The van der Waals surface area contributed by atoms with E-state index in [0.717, 1.165) is 44.3 Å². The van der Waals surface area contributed by atoms with Gasteiger partial charge in [-0.15, -0.1) is 11.3 Å². The second kappa shape index (κ2) is 10.5. The summed E-state index contributed by atoms with van der Waals surface area (Å²) in [6, 6.07) is 4.83. The minimum absolute atomic E-state index is 0.268. The number of piperidine rings is 1. The second-order valence-electron chi connectivity index (χ2n) is 7.38. The largest absolute Gasteiger partial charge is 0.491 e. The van der Waals surface area contributed by atoms with Gasteiger partial charge in [0.1, 0.15) is 0 Å². The Morgan fingerprint density at radius 1 is 1.45 bits per heavy atom. The molecule has 6 nitrogen and oxygen atoms in total. The SMILES string of the molecule is CCCCCOc1ccc(Nc2nc(CN3CCCC(C(=O)O)C3)cs2)cc1F. The van der Waals surface area contributed by atoms with Crippen molar-refractivity contribution in [2.75, 3.05) is 25.0 Å². The van der Waals surface area contributed by atoms with Gasteiger partial charge in [-0.25, -0.2) is 9.37 Å². The Morgan fingerprint density at radius 2 is 2.31 bits per heavy atom. The molecule has 1 saturated heterocycles. The van der Waals surface area contributed by atoms with E-state index in [1.54, 1.807) is 12.1 Å². The molecule has 29 heavy (non-hydrogen) atoms. The number of hydrogen-bond donors (Lipinski definition) is 2. The quantitative estimate of drug-likeness (QED) is 0.532. The zero-order valence-corrected chi connectivity index (χ0v) is 17.5. The molecule has 1 atom stereocenters. The summed E-state index contributed by atoms with van der Waals surface area (Å²) >= 11 is 1.45. The summed E-state index contributed by atoms with van der Waals surface area (Å²) in [6.45, 7) is 4.70. The lowest BCUT2D eigenvalue weighted by molar-refractivity contribution is -0.143. The van der Waals surface area contributed by atoms with Crippen LogP contribution in [-0.4, -0.2) is 40.7 Å². The Kier molecular flexibility index (Phi) is 7.83. The van der Waals surface area contributed by atoms with E-state index in [2.05, 4.69) is 22.1 Å². The molecule has 8 heteroatoms. The molecule has 2 heterocycles. The van der Waals surface area contributed by atoms with Crippen LogP contribution in [0.25, 0.3) is 0 Å². The number of nitrogens with zero attached hydrogens (tertiary/aromatic N) is 2. The van der Waals surface area contributed by atoms with Crippen LogP contribution in [0.5, 0.6) is 5.75 Å². The molecule has 0 saturated carbocycles. The number of hydrogen-bond acceptors (Lipinski definition) is 6. The van der Waals surface area contributed by atoms with Crippen molar-refractivity contribution < 1.29 is 19.0 Å². The molecular formula is C21H28FN3O3S. The highest BCUT2D eigenvalue weighted by Gasteiger charge is 2.25. The van der Waals surface area contributed by atoms with Crippen LogP contribution >= 0.6 is 11.3 Å². The van der Waals surface area contributed by atoms with E-state index in [1.807, 2.05) is 5.38 Å². The van der Waals surface area contributed by atoms with Crippen LogP contribution in [0, 0.1) is 11.7 Å². The van der Waals surface area contributed by atoms with Crippen LogP contribution in [0.15, 0.2) is 23.6 Å². The number of unbranched alkanes of at least 4 members (excludes halogenated alkanes) is 2. The van der Waals surface area contributed by atoms with Gasteiger partial charge >= 0.3 is 5.97 Å². The summed E-state index contributed by atoms with van der Waals surface area (Å²) < 4.78 is 19.7. The van der Waals surface area contributed by atoms with Crippen molar-refractivity contribution in [3.8, 4) is 5.75 Å². The van der Waals surface area contributed by atoms with Gasteiger partial charge in [0.2, 0.25) is 0 Å². The minimum atomic E-state index is -0.727. The van der Waals surface area contributed by atoms with Crippen LogP contribution in [-0.2, 0) is 11.3 Å². The first-order valence-electron chi connectivity index (χ1n) is 10.1. The first-order chi connectivity index (χ1) is 14.0. The van der Waals surface area contributed by atoms with Crippen molar-refractivity contribution in [1.82, 2.24) is 9.88 Å². The Bertz CT molecular complexity index is 814. The van der Waals surface area contributed by atoms with Crippen molar-refractivity contribution in [1.29, 1.82) is 0 Å². The molecule has 1 aliphatic rings. The topological polar surface area (TPSA) is 74.7 Å². The maximum atomic E-state index is 14.2. The van der Waals surface area contributed by atoms with E-state index in [4.69, 9.17) is 4.74 Å². The average molecular weight is 422 g/mol. The predicted octanol–water partition coefficient (Wildman–Crippen LogP) is 4.89. The van der Waals surface area contributed by atoms with Gasteiger partial charge in [-0.2, -0.15) is 0 Å². The number of likely N-dealkylation sites (tertiary alicyclic amines) is 1. The summed E-state index contributed by atoms with van der Waals surface area (Å²) in [4.78, 5) is 17.9. The molecule has 0 radical (unpaired) electrons. The first-order valence-corrected chi connectivity index (χ1v) is 11.0. The molecule has 2 N–H and O–H groups in total. The zero-order valence-electron chi connectivity index (χ0n) is 16.7. The molecule has 3 rings (SSSR count). The fourth-order valence-corrected chi connectivity index (χ4v) is 4.14. The number of nitrogens with one attached hydrogen (secondary N) is 1. The number of benzene rings is 1. The Balaban J connectivity index is 1.53. The number of rotatable bonds is 10. The van der Waals surface area contributed by atoms with Gasteiger partial charge in [-0.3, -0.25) is 9.69 Å². The average Bonchev–Trinajstić information content (AvgIpc) is 3.13. The molecule has 0 amide bonds. The van der Waals surface area contributed by atoms with Crippen LogP contribution in [0.1, 0.15) is 44.7 Å². The molecule has 0 spiro atoms. The predicted molar refractivity (Wildman–Crippen MR) is 112 cm³/mol. The van der Waals surface area contributed by atoms with E-state index >= 15 is 0 Å². The van der Waals surface area contributed by atoms with Crippen molar-refractivity contribution in [3.05, 3.63) is 35.1 Å². The van der Waals surface area contributed by atoms with E-state index < -0.39 is 11.8 Å². The number of carboxylic acids is 1. The molecule has 1 unspecified atom stereocenters. The number of anilines is 2. The Morgan fingerprint density at radius 3 is 3.07 bits per heavy atom. The van der Waals surface area contributed by atoms with Crippen LogP contribution in [0.3, 0.4) is 0 Å². The van der Waals surface area contributed by atoms with E-state index in [-0.39, 0.29) is 11.7 Å². The van der Waals surface area contributed by atoms with Crippen molar-refractivity contribution in [2.24, 2.45) is 5.92 Å². The molecule has 1 aliphatic heterocycles. The summed E-state index contributed by atoms with van der Waals surface area (Å²) in [6.07, 6.45) is 4.71. The third kappa shape index (κ3) is 6.40. The summed E-state index contributed by atoms with van der Waals surface area (Å²) in [5, 5.41) is 15.0. The van der Waals surface area contributed by atoms with Gasteiger partial charge in [0.25, 0.3) is 0 Å². The maximum Gasteiger partial charge on any atom is 0.307 e. The van der Waals surface area contributed by atoms with Gasteiger partial charge in [0, 0.05) is 30.2 Å². The van der Waals surface area contributed by atoms with E-state index in [0.29, 0.717) is 30.5 Å². The third-order valence-corrected chi connectivity index (χ3v) is 5.79. The van der Waals surface area contributed by atoms with Gasteiger partial charge in [-0.05, 0) is 37.9 Å². The van der Waals surface area contributed by atoms with Crippen molar-refractivity contribution >= 4 is 28.1 Å². The lowest BCUT2D eigenvalue weighted by Gasteiger charge is -2.29. The standard InChI is InChI=1S/C21H28FN3O3S/c1-2-3-4-10-28-19-8-7-16(11-18(19)22)23-21-24-17(14-29-21)13-25-9-5-6-15(12-25)20(26)27/h7-8,11,14-15H,2-6,9-10,12-13H2,1H3,(H,23,24)(H,26,27). The van der Waals surface area contributed by atoms with Gasteiger partial charge in [0.15, 0.2) is 16.7 Å². The molecular weight excluding hydrogens is 393 g/mol. The van der Waals surface area contributed by atoms with Crippen molar-refractivity contribution in [3.63, 3.8) is 0 Å². The smallest absolute Gasteiger partial charge is 0.307 e. The van der Waals surface area contributed by atoms with Gasteiger partial charge in [-0.1, -0.05) is 19.8 Å². The van der Waals surface area contributed by atoms with E-state index in [9.17, 15) is 14.3 Å². The second-order valence-corrected chi connectivity index (χ2v) is 8.24. The van der Waals surface area contributed by atoms with E-state index in [1.165, 1.54) is 17.4 Å². The highest BCUT2D eigenvalue weighted by atomic mass is 32.1. The molecule has 158 valence electrons. The maximum absolute atomic E-state index is 14.2. The number of carbonyl (C=O) groups is 1. The monoisotopic (exact) mass is 421 g/mol. The van der Waals surface area contributed by atoms with Crippen LogP contribution < -0.4 is 10.1 Å². The fraction of sp³-hybridized carbons (Fsp3) is 0.524. The third-order valence-electron chi connectivity index (χ3n) is 4.98. The summed E-state index contributed by atoms with van der Waals surface area (Å²) in [5.74, 6) is -1.15.